The molecule has 1 N–H and O–H groups in total. The van der Waals surface area contributed by atoms with Crippen molar-refractivity contribution < 1.29 is 14.7 Å². The lowest BCUT2D eigenvalue weighted by Crippen LogP contribution is -2.65. The second-order valence-electron chi connectivity index (χ2n) is 13.7. The molecule has 0 aromatic heterocycles. The maximum atomic E-state index is 14.1. The third-order valence-corrected chi connectivity index (χ3v) is 12.5. The number of carbonyl (C=O) groups excluding carboxylic acids is 1. The Morgan fingerprint density at radius 1 is 0.969 bits per heavy atom. The van der Waals surface area contributed by atoms with Gasteiger partial charge in [0, 0.05) is 5.92 Å². The van der Waals surface area contributed by atoms with E-state index in [1.807, 2.05) is 0 Å². The predicted molar refractivity (Wildman–Crippen MR) is 127 cm³/mol. The Labute approximate surface area is 194 Å². The molecular weight excluding hydrogens is 396 g/mol. The number of carboxylic acids is 1. The topological polar surface area (TPSA) is 54.4 Å². The molecule has 0 aliphatic heterocycles. The minimum absolute atomic E-state index is 0.0367. The fourth-order valence-electron chi connectivity index (χ4n) is 10.3. The first-order valence-corrected chi connectivity index (χ1v) is 13.4. The molecule has 3 heteroatoms. The second-order valence-corrected chi connectivity index (χ2v) is 13.7. The summed E-state index contributed by atoms with van der Waals surface area (Å²) < 4.78 is 0. The lowest BCUT2D eigenvalue weighted by atomic mass is 9.34. The van der Waals surface area contributed by atoms with Gasteiger partial charge in [-0.25, -0.2) is 0 Å². The molecule has 0 amide bonds. The highest BCUT2D eigenvalue weighted by atomic mass is 16.4. The van der Waals surface area contributed by atoms with Crippen molar-refractivity contribution in [2.75, 3.05) is 0 Å². The summed E-state index contributed by atoms with van der Waals surface area (Å²) in [6, 6.07) is 0. The van der Waals surface area contributed by atoms with Crippen molar-refractivity contribution in [2.24, 2.45) is 57.2 Å². The van der Waals surface area contributed by atoms with Crippen LogP contribution in [0.3, 0.4) is 0 Å². The van der Waals surface area contributed by atoms with Crippen molar-refractivity contribution in [3.8, 4) is 0 Å². The number of aliphatic carboxylic acids is 1. The van der Waals surface area contributed by atoms with E-state index in [1.165, 1.54) is 31.3 Å². The molecule has 8 unspecified atom stereocenters. The van der Waals surface area contributed by atoms with Gasteiger partial charge in [0.25, 0.3) is 0 Å². The summed E-state index contributed by atoms with van der Waals surface area (Å²) in [6.07, 6.45) is 11.8. The first kappa shape index (κ1) is 22.7. The van der Waals surface area contributed by atoms with E-state index in [1.54, 1.807) is 0 Å². The van der Waals surface area contributed by atoms with Gasteiger partial charge in [-0.1, -0.05) is 53.5 Å². The first-order chi connectivity index (χ1) is 14.9. The monoisotopic (exact) mass is 440 g/mol. The minimum Gasteiger partial charge on any atom is -0.481 e. The van der Waals surface area contributed by atoms with E-state index >= 15 is 0 Å². The van der Waals surface area contributed by atoms with Gasteiger partial charge in [0.15, 0.2) is 5.78 Å². The highest BCUT2D eigenvalue weighted by molar-refractivity contribution is 5.95. The van der Waals surface area contributed by atoms with E-state index in [4.69, 9.17) is 0 Å². The predicted octanol–water partition coefficient (Wildman–Crippen LogP) is 6.91. The number of carbonyl (C=O) groups is 2. The number of carboxylic acid groups (broad SMARTS) is 1. The summed E-state index contributed by atoms with van der Waals surface area (Å²) >= 11 is 0. The van der Waals surface area contributed by atoms with Crippen molar-refractivity contribution in [1.82, 2.24) is 0 Å². The summed E-state index contributed by atoms with van der Waals surface area (Å²) in [5.74, 6) is 1.34. The average Bonchev–Trinajstić information content (AvgIpc) is 2.71. The maximum Gasteiger partial charge on any atom is 0.306 e. The lowest BCUT2D eigenvalue weighted by molar-refractivity contribution is -0.184. The minimum atomic E-state index is -0.645. The third-order valence-electron chi connectivity index (χ3n) is 12.5. The van der Waals surface area contributed by atoms with Gasteiger partial charge in [-0.3, -0.25) is 9.59 Å². The molecule has 5 rings (SSSR count). The molecule has 0 aromatic rings. The number of fused-ring (bicyclic) bond motifs is 7. The third kappa shape index (κ3) is 2.66. The zero-order valence-electron chi connectivity index (χ0n) is 21.2. The molecule has 0 spiro atoms. The van der Waals surface area contributed by atoms with Crippen LogP contribution in [0.4, 0.5) is 0 Å². The van der Waals surface area contributed by atoms with Gasteiger partial charge in [0.1, 0.15) is 0 Å². The van der Waals surface area contributed by atoms with Gasteiger partial charge in [-0.15, -0.1) is 0 Å². The van der Waals surface area contributed by atoms with Gasteiger partial charge in [-0.2, -0.15) is 0 Å². The summed E-state index contributed by atoms with van der Waals surface area (Å²) in [7, 11) is 0. The fourth-order valence-corrected chi connectivity index (χ4v) is 10.3. The molecule has 178 valence electrons. The molecule has 4 fully saturated rings. The molecule has 10 atom stereocenters. The lowest BCUT2D eigenvalue weighted by Gasteiger charge is -2.69. The second kappa shape index (κ2) is 6.95. The zero-order chi connectivity index (χ0) is 23.3. The van der Waals surface area contributed by atoms with Crippen molar-refractivity contribution in [2.45, 2.75) is 99.3 Å². The van der Waals surface area contributed by atoms with E-state index in [9.17, 15) is 14.7 Å². The number of hydrogen-bond acceptors (Lipinski definition) is 2. The van der Waals surface area contributed by atoms with Crippen molar-refractivity contribution in [3.05, 3.63) is 11.6 Å². The van der Waals surface area contributed by atoms with Crippen LogP contribution in [0.2, 0.25) is 0 Å². The Hall–Kier alpha value is -1.12. The molecule has 0 bridgehead atoms. The number of allylic oxidation sites excluding steroid dienone is 2. The molecule has 0 aromatic carbocycles. The van der Waals surface area contributed by atoms with E-state index < -0.39 is 5.97 Å². The van der Waals surface area contributed by atoms with Crippen LogP contribution in [0.5, 0.6) is 0 Å². The highest BCUT2D eigenvalue weighted by Gasteiger charge is 2.69. The standard InChI is InChI=1S/C29H44O3/c1-17-9-12-26(3)14-15-28(5)21(23(26)18(17)2)16-22(30)24-27(4)11-7-8-19(25(31)32)20(27)10-13-29(24,28)6/h16-20,23-24H,7-15H2,1-6H3,(H,31,32)/t17-,18?,19?,20?,23?,24?,26?,27?,28-,29?/m1/s1. The summed E-state index contributed by atoms with van der Waals surface area (Å²) in [5.41, 5.74) is 1.58. The Balaban J connectivity index is 1.63. The zero-order valence-corrected chi connectivity index (χ0v) is 21.2. The van der Waals surface area contributed by atoms with Crippen molar-refractivity contribution in [1.29, 1.82) is 0 Å². The maximum absolute atomic E-state index is 14.1. The average molecular weight is 441 g/mol. The molecule has 3 nitrogen and oxygen atoms in total. The molecule has 0 radical (unpaired) electrons. The fraction of sp³-hybridized carbons (Fsp3) is 0.862. The summed E-state index contributed by atoms with van der Waals surface area (Å²) in [5, 5.41) is 9.97. The molecule has 32 heavy (non-hydrogen) atoms. The van der Waals surface area contributed by atoms with Crippen LogP contribution in [0.15, 0.2) is 11.6 Å². The van der Waals surface area contributed by atoms with E-state index in [0.29, 0.717) is 29.0 Å². The van der Waals surface area contributed by atoms with Crippen LogP contribution in [0, 0.1) is 57.2 Å². The smallest absolute Gasteiger partial charge is 0.306 e. The molecule has 0 saturated heterocycles. The Morgan fingerprint density at radius 2 is 1.69 bits per heavy atom. The van der Waals surface area contributed by atoms with Crippen LogP contribution in [-0.2, 0) is 9.59 Å². The summed E-state index contributed by atoms with van der Waals surface area (Å²) in [4.78, 5) is 26.2. The van der Waals surface area contributed by atoms with Gasteiger partial charge < -0.3 is 5.11 Å². The largest absolute Gasteiger partial charge is 0.481 e. The number of rotatable bonds is 1. The molecular formula is C29H44O3. The Kier molecular flexibility index (Phi) is 4.92. The van der Waals surface area contributed by atoms with Gasteiger partial charge in [-0.05, 0) is 103 Å². The number of hydrogen-bond donors (Lipinski definition) is 1. The van der Waals surface area contributed by atoms with E-state index in [0.717, 1.165) is 32.1 Å². The summed E-state index contributed by atoms with van der Waals surface area (Å²) in [6.45, 7) is 14.5. The van der Waals surface area contributed by atoms with Crippen molar-refractivity contribution >= 4 is 11.8 Å². The quantitative estimate of drug-likeness (QED) is 0.482. The molecule has 5 aliphatic carbocycles. The molecule has 5 aliphatic rings. The van der Waals surface area contributed by atoms with Crippen LogP contribution in [-0.4, -0.2) is 16.9 Å². The van der Waals surface area contributed by atoms with Crippen LogP contribution < -0.4 is 0 Å². The van der Waals surface area contributed by atoms with Crippen LogP contribution in [0.25, 0.3) is 0 Å². The normalized spacial score (nSPS) is 55.1. The SMILES string of the molecule is CC1C2C3=CC(=O)C4C5(C)CCCC(C(=O)O)C5CCC4(C)[C@]3(C)CCC2(C)CC[C@H]1C. The van der Waals surface area contributed by atoms with Crippen LogP contribution in [0.1, 0.15) is 99.3 Å². The van der Waals surface area contributed by atoms with Gasteiger partial charge in [0.2, 0.25) is 0 Å². The van der Waals surface area contributed by atoms with Gasteiger partial charge in [0.05, 0.1) is 5.92 Å². The first-order valence-electron chi connectivity index (χ1n) is 13.4. The Bertz CT molecular complexity index is 874. The van der Waals surface area contributed by atoms with Crippen molar-refractivity contribution in [3.63, 3.8) is 0 Å². The molecule has 0 heterocycles. The number of ketones is 1. The van der Waals surface area contributed by atoms with Crippen LogP contribution >= 0.6 is 0 Å². The van der Waals surface area contributed by atoms with E-state index in [-0.39, 0.29) is 34.0 Å². The van der Waals surface area contributed by atoms with E-state index in [2.05, 4.69) is 47.6 Å². The van der Waals surface area contributed by atoms with Gasteiger partial charge >= 0.3 is 5.97 Å². The highest BCUT2D eigenvalue weighted by Crippen LogP contribution is 2.74. The Morgan fingerprint density at radius 3 is 2.38 bits per heavy atom. The molecule has 4 saturated carbocycles.